The molecule has 1 aliphatic rings. The zero-order valence-corrected chi connectivity index (χ0v) is 17.7. The monoisotopic (exact) mass is 410 g/mol. The van der Waals surface area contributed by atoms with Gasteiger partial charge in [-0.25, -0.2) is 0 Å². The third-order valence-electron chi connectivity index (χ3n) is 6.77. The maximum atomic E-state index is 2.46. The molecule has 2 nitrogen and oxygen atoms in total. The maximum absolute atomic E-state index is 2.46. The summed E-state index contributed by atoms with van der Waals surface area (Å²) >= 11 is 0. The minimum absolute atomic E-state index is 1.07. The molecule has 32 heavy (non-hydrogen) atoms. The Morgan fingerprint density at radius 1 is 0.531 bits per heavy atom. The van der Waals surface area contributed by atoms with E-state index in [9.17, 15) is 0 Å². The Bertz CT molecular complexity index is 1620. The van der Waals surface area contributed by atoms with Crippen molar-refractivity contribution >= 4 is 38.8 Å². The lowest BCUT2D eigenvalue weighted by atomic mass is 10.0. The van der Waals surface area contributed by atoms with E-state index in [1.165, 1.54) is 55.3 Å². The summed E-state index contributed by atoms with van der Waals surface area (Å²) in [5, 5.41) is 3.92. The Balaban J connectivity index is 1.53. The minimum Gasteiger partial charge on any atom is -0.313 e. The number of fused-ring (bicyclic) bond motifs is 6. The highest BCUT2D eigenvalue weighted by Gasteiger charge is 2.19. The molecule has 0 spiro atoms. The van der Waals surface area contributed by atoms with Gasteiger partial charge >= 0.3 is 0 Å². The first-order valence-electron chi connectivity index (χ1n) is 11.3. The molecular weight excluding hydrogens is 388 g/mol. The number of rotatable bonds is 2. The molecule has 0 amide bonds. The van der Waals surface area contributed by atoms with Crippen LogP contribution in [0.25, 0.3) is 50.2 Å². The first kappa shape index (κ1) is 17.6. The van der Waals surface area contributed by atoms with Gasteiger partial charge in [0.2, 0.25) is 0 Å². The van der Waals surface area contributed by atoms with Crippen molar-refractivity contribution in [3.63, 3.8) is 0 Å². The van der Waals surface area contributed by atoms with Gasteiger partial charge in [-0.05, 0) is 49.2 Å². The molecule has 0 aliphatic heterocycles. The third kappa shape index (κ3) is 2.41. The maximum Gasteiger partial charge on any atom is 0.0541 e. The van der Waals surface area contributed by atoms with Crippen molar-refractivity contribution in [3.05, 3.63) is 114 Å². The van der Waals surface area contributed by atoms with Crippen LogP contribution in [-0.4, -0.2) is 9.13 Å². The van der Waals surface area contributed by atoms with Gasteiger partial charge in [0.05, 0.1) is 16.6 Å². The van der Waals surface area contributed by atoms with Crippen molar-refractivity contribution < 1.29 is 0 Å². The van der Waals surface area contributed by atoms with Crippen LogP contribution in [0.3, 0.4) is 0 Å². The molecule has 4 aromatic carbocycles. The van der Waals surface area contributed by atoms with E-state index < -0.39 is 0 Å². The Hall–Kier alpha value is -4.04. The largest absolute Gasteiger partial charge is 0.313 e. The summed E-state index contributed by atoms with van der Waals surface area (Å²) in [6, 6.07) is 35.2. The molecule has 2 heterocycles. The van der Waals surface area contributed by atoms with E-state index in [1.807, 2.05) is 0 Å². The lowest BCUT2D eigenvalue weighted by molar-refractivity contribution is 0.888. The number of hydrogen-bond donors (Lipinski definition) is 0. The molecule has 0 bridgehead atoms. The van der Waals surface area contributed by atoms with Crippen LogP contribution in [0.5, 0.6) is 0 Å². The smallest absolute Gasteiger partial charge is 0.0541 e. The van der Waals surface area contributed by atoms with E-state index in [0.717, 1.165) is 12.8 Å². The van der Waals surface area contributed by atoms with E-state index in [-0.39, 0.29) is 0 Å². The molecular formula is C30H22N2. The highest BCUT2D eigenvalue weighted by Crippen LogP contribution is 2.36. The second-order valence-corrected chi connectivity index (χ2v) is 8.54. The minimum atomic E-state index is 1.07. The third-order valence-corrected chi connectivity index (χ3v) is 6.77. The number of aromatic nitrogens is 2. The number of para-hydroxylation sites is 3. The van der Waals surface area contributed by atoms with Gasteiger partial charge in [0.25, 0.3) is 0 Å². The Labute approximate surface area is 186 Å². The van der Waals surface area contributed by atoms with Crippen LogP contribution in [0.2, 0.25) is 0 Å². The number of nitrogens with zero attached hydrogens (tertiary/aromatic N) is 2. The Morgan fingerprint density at radius 3 is 1.78 bits per heavy atom. The van der Waals surface area contributed by atoms with Crippen LogP contribution in [0.15, 0.2) is 103 Å². The Morgan fingerprint density at radius 2 is 1.09 bits per heavy atom. The molecule has 0 N–H and O–H groups in total. The fraction of sp³-hybridized carbons (Fsp3) is 0.0667. The fourth-order valence-electron chi connectivity index (χ4n) is 5.44. The van der Waals surface area contributed by atoms with E-state index >= 15 is 0 Å². The topological polar surface area (TPSA) is 9.86 Å². The summed E-state index contributed by atoms with van der Waals surface area (Å²) in [7, 11) is 0. The van der Waals surface area contributed by atoms with Gasteiger partial charge in [0.15, 0.2) is 0 Å². The summed E-state index contributed by atoms with van der Waals surface area (Å²) in [6.07, 6.45) is 6.76. The number of allylic oxidation sites excluding steroid dienone is 1. The van der Waals surface area contributed by atoms with Gasteiger partial charge in [-0.3, -0.25) is 0 Å². The summed E-state index contributed by atoms with van der Waals surface area (Å²) in [4.78, 5) is 0. The molecule has 0 saturated heterocycles. The highest BCUT2D eigenvalue weighted by atomic mass is 15.0. The quantitative estimate of drug-likeness (QED) is 0.277. The van der Waals surface area contributed by atoms with Crippen LogP contribution >= 0.6 is 0 Å². The molecule has 7 rings (SSSR count). The van der Waals surface area contributed by atoms with Crippen molar-refractivity contribution in [1.82, 2.24) is 9.13 Å². The van der Waals surface area contributed by atoms with Crippen LogP contribution < -0.4 is 0 Å². The van der Waals surface area contributed by atoms with E-state index in [4.69, 9.17) is 0 Å². The second kappa shape index (κ2) is 6.73. The SMILES string of the molecule is C1=Cc2c(n(-c3cccc(-n4c5ccccc5c5ccccc54)c3)c3ccccc23)CC1. The standard InChI is InChI=1S/C30H22N2/c1-5-16-27-23(12-1)24-13-2-6-17-28(24)31(27)21-10-9-11-22(20-21)32-29-18-7-3-14-25(29)26-15-4-8-19-30(26)32/h1-7,9-18,20H,8,19H2. The molecule has 0 unspecified atom stereocenters. The number of benzene rings is 4. The first-order chi connectivity index (χ1) is 15.9. The molecule has 0 fully saturated rings. The average molecular weight is 411 g/mol. The van der Waals surface area contributed by atoms with E-state index in [2.05, 4.69) is 118 Å². The first-order valence-corrected chi connectivity index (χ1v) is 11.3. The van der Waals surface area contributed by atoms with E-state index in [1.54, 1.807) is 0 Å². The molecule has 0 saturated carbocycles. The van der Waals surface area contributed by atoms with Crippen molar-refractivity contribution in [3.8, 4) is 11.4 Å². The highest BCUT2D eigenvalue weighted by molar-refractivity contribution is 6.09. The van der Waals surface area contributed by atoms with Gasteiger partial charge in [-0.1, -0.05) is 72.8 Å². The van der Waals surface area contributed by atoms with Gasteiger partial charge in [-0.2, -0.15) is 0 Å². The molecule has 0 atom stereocenters. The Kier molecular flexibility index (Phi) is 3.71. The van der Waals surface area contributed by atoms with Crippen molar-refractivity contribution in [1.29, 1.82) is 0 Å². The molecule has 0 radical (unpaired) electrons. The van der Waals surface area contributed by atoms with E-state index in [0.29, 0.717) is 0 Å². The predicted molar refractivity (Wildman–Crippen MR) is 135 cm³/mol. The molecule has 2 aromatic heterocycles. The molecule has 6 aromatic rings. The van der Waals surface area contributed by atoms with Crippen molar-refractivity contribution in [2.75, 3.05) is 0 Å². The summed E-state index contributed by atoms with van der Waals surface area (Å²) in [5.41, 5.74) is 8.96. The van der Waals surface area contributed by atoms with Crippen LogP contribution in [0.4, 0.5) is 0 Å². The lowest BCUT2D eigenvalue weighted by Crippen LogP contribution is -2.04. The van der Waals surface area contributed by atoms with Crippen LogP contribution in [0.1, 0.15) is 17.7 Å². The lowest BCUT2D eigenvalue weighted by Gasteiger charge is -2.15. The molecule has 152 valence electrons. The van der Waals surface area contributed by atoms with Gasteiger partial charge < -0.3 is 9.13 Å². The average Bonchev–Trinajstić information content (AvgIpc) is 3.37. The molecule has 1 aliphatic carbocycles. The zero-order valence-electron chi connectivity index (χ0n) is 17.7. The van der Waals surface area contributed by atoms with Crippen LogP contribution in [-0.2, 0) is 6.42 Å². The van der Waals surface area contributed by atoms with Gasteiger partial charge in [-0.15, -0.1) is 0 Å². The van der Waals surface area contributed by atoms with Crippen LogP contribution in [0, 0.1) is 0 Å². The molecule has 2 heteroatoms. The van der Waals surface area contributed by atoms with Gasteiger partial charge in [0, 0.05) is 38.8 Å². The normalized spacial score (nSPS) is 13.2. The number of hydrogen-bond acceptors (Lipinski definition) is 0. The summed E-state index contributed by atoms with van der Waals surface area (Å²) in [5.74, 6) is 0. The summed E-state index contributed by atoms with van der Waals surface area (Å²) < 4.78 is 4.86. The van der Waals surface area contributed by atoms with Crippen molar-refractivity contribution in [2.45, 2.75) is 12.8 Å². The predicted octanol–water partition coefficient (Wildman–Crippen LogP) is 7.69. The van der Waals surface area contributed by atoms with Crippen molar-refractivity contribution in [2.24, 2.45) is 0 Å². The fourth-order valence-corrected chi connectivity index (χ4v) is 5.44. The summed E-state index contributed by atoms with van der Waals surface area (Å²) in [6.45, 7) is 0. The van der Waals surface area contributed by atoms with Gasteiger partial charge in [0.1, 0.15) is 0 Å². The second-order valence-electron chi connectivity index (χ2n) is 8.54. The zero-order chi connectivity index (χ0) is 21.1.